The van der Waals surface area contributed by atoms with Gasteiger partial charge in [-0.2, -0.15) is 0 Å². The molecule has 6 heteroatoms. The van der Waals surface area contributed by atoms with E-state index in [1.54, 1.807) is 10.9 Å². The largest absolute Gasteiger partial charge is 0.342 e. The summed E-state index contributed by atoms with van der Waals surface area (Å²) in [4.78, 5) is 13.8. The molecule has 0 saturated carbocycles. The number of aromatic nitrogens is 3. The summed E-state index contributed by atoms with van der Waals surface area (Å²) < 4.78 is 1.70. The summed E-state index contributed by atoms with van der Waals surface area (Å²) in [6.07, 6.45) is 1.70. The number of carbonyl (C=O) groups is 1. The minimum atomic E-state index is -0.190. The normalized spacial score (nSPS) is 12.5. The van der Waals surface area contributed by atoms with Crippen molar-refractivity contribution >= 4 is 5.91 Å². The van der Waals surface area contributed by atoms with Crippen molar-refractivity contribution in [3.63, 3.8) is 0 Å². The minimum absolute atomic E-state index is 0.130. The Labute approximate surface area is 102 Å². The quantitative estimate of drug-likeness (QED) is 0.768. The number of aryl methyl sites for hydroxylation is 1. The number of likely N-dealkylation sites (N-methyl/N-ethyl adjacent to an activating group) is 1. The van der Waals surface area contributed by atoms with Crippen LogP contribution in [0, 0.1) is 0 Å². The predicted molar refractivity (Wildman–Crippen MR) is 65.2 cm³/mol. The van der Waals surface area contributed by atoms with Gasteiger partial charge < -0.3 is 10.2 Å². The summed E-state index contributed by atoms with van der Waals surface area (Å²) >= 11 is 0. The SMILES string of the molecule is CCN(CC)C(=O)C(C)NCc1cnnn1C. The lowest BCUT2D eigenvalue weighted by Crippen LogP contribution is -2.44. The Kier molecular flexibility index (Phi) is 5.09. The first-order chi connectivity index (χ1) is 8.10. The molecule has 0 bridgehead atoms. The van der Waals surface area contributed by atoms with Crippen molar-refractivity contribution in [3.05, 3.63) is 11.9 Å². The van der Waals surface area contributed by atoms with E-state index < -0.39 is 0 Å². The number of hydrogen-bond acceptors (Lipinski definition) is 4. The van der Waals surface area contributed by atoms with E-state index in [9.17, 15) is 4.79 Å². The third-order valence-corrected chi connectivity index (χ3v) is 2.84. The van der Waals surface area contributed by atoms with Gasteiger partial charge in [-0.3, -0.25) is 9.48 Å². The van der Waals surface area contributed by atoms with E-state index >= 15 is 0 Å². The zero-order chi connectivity index (χ0) is 12.8. The molecule has 1 amide bonds. The molecule has 0 saturated heterocycles. The molecule has 0 radical (unpaired) electrons. The van der Waals surface area contributed by atoms with Crippen LogP contribution in [-0.2, 0) is 18.4 Å². The van der Waals surface area contributed by atoms with Gasteiger partial charge in [0.25, 0.3) is 0 Å². The number of nitrogens with zero attached hydrogens (tertiary/aromatic N) is 4. The molecule has 6 nitrogen and oxygen atoms in total. The maximum absolute atomic E-state index is 12.0. The lowest BCUT2D eigenvalue weighted by Gasteiger charge is -2.23. The standard InChI is InChI=1S/C11H21N5O/c1-5-16(6-2)11(17)9(3)12-7-10-8-13-14-15(10)4/h8-9,12H,5-7H2,1-4H3. The summed E-state index contributed by atoms with van der Waals surface area (Å²) in [5.74, 6) is 0.130. The maximum atomic E-state index is 12.0. The smallest absolute Gasteiger partial charge is 0.239 e. The van der Waals surface area contributed by atoms with E-state index in [0.717, 1.165) is 18.8 Å². The van der Waals surface area contributed by atoms with Gasteiger partial charge in [-0.1, -0.05) is 5.21 Å². The van der Waals surface area contributed by atoms with Crippen molar-refractivity contribution in [2.24, 2.45) is 7.05 Å². The molecule has 1 rings (SSSR count). The minimum Gasteiger partial charge on any atom is -0.342 e. The van der Waals surface area contributed by atoms with E-state index in [-0.39, 0.29) is 11.9 Å². The van der Waals surface area contributed by atoms with Gasteiger partial charge in [0.15, 0.2) is 0 Å². The van der Waals surface area contributed by atoms with Crippen LogP contribution in [0.25, 0.3) is 0 Å². The Bertz CT molecular complexity index is 358. The molecule has 1 aromatic heterocycles. The first-order valence-electron chi connectivity index (χ1n) is 5.95. The average Bonchev–Trinajstić information content (AvgIpc) is 2.73. The van der Waals surface area contributed by atoms with Crippen molar-refractivity contribution < 1.29 is 4.79 Å². The van der Waals surface area contributed by atoms with Gasteiger partial charge in [0.1, 0.15) is 0 Å². The number of amides is 1. The second-order valence-corrected chi connectivity index (χ2v) is 3.96. The van der Waals surface area contributed by atoms with Gasteiger partial charge >= 0.3 is 0 Å². The zero-order valence-electron chi connectivity index (χ0n) is 11.0. The van der Waals surface area contributed by atoms with Crippen LogP contribution in [0.15, 0.2) is 6.20 Å². The Morgan fingerprint density at radius 2 is 2.18 bits per heavy atom. The van der Waals surface area contributed by atoms with Crippen molar-refractivity contribution in [3.8, 4) is 0 Å². The molecule has 96 valence electrons. The monoisotopic (exact) mass is 239 g/mol. The van der Waals surface area contributed by atoms with Crippen LogP contribution < -0.4 is 5.32 Å². The predicted octanol–water partition coefficient (Wildman–Crippen LogP) is 0.162. The highest BCUT2D eigenvalue weighted by atomic mass is 16.2. The molecule has 0 aliphatic rings. The van der Waals surface area contributed by atoms with Crippen LogP contribution >= 0.6 is 0 Å². The molecule has 0 fully saturated rings. The Morgan fingerprint density at radius 1 is 1.53 bits per heavy atom. The molecular weight excluding hydrogens is 218 g/mol. The van der Waals surface area contributed by atoms with E-state index in [2.05, 4.69) is 15.6 Å². The van der Waals surface area contributed by atoms with Gasteiger partial charge in [-0.05, 0) is 20.8 Å². The lowest BCUT2D eigenvalue weighted by molar-refractivity contribution is -0.132. The van der Waals surface area contributed by atoms with Crippen molar-refractivity contribution in [1.82, 2.24) is 25.2 Å². The lowest BCUT2D eigenvalue weighted by atomic mass is 10.2. The highest BCUT2D eigenvalue weighted by molar-refractivity contribution is 5.81. The molecule has 1 unspecified atom stereocenters. The first-order valence-corrected chi connectivity index (χ1v) is 5.95. The highest BCUT2D eigenvalue weighted by Crippen LogP contribution is 1.98. The van der Waals surface area contributed by atoms with E-state index in [1.165, 1.54) is 0 Å². The van der Waals surface area contributed by atoms with E-state index in [1.807, 2.05) is 32.7 Å². The molecule has 1 aromatic rings. The average molecular weight is 239 g/mol. The number of hydrogen-bond donors (Lipinski definition) is 1. The third-order valence-electron chi connectivity index (χ3n) is 2.84. The molecule has 0 aliphatic heterocycles. The second kappa shape index (κ2) is 6.34. The topological polar surface area (TPSA) is 63.1 Å². The molecule has 0 spiro atoms. The van der Waals surface area contributed by atoms with Crippen LogP contribution in [0.4, 0.5) is 0 Å². The molecule has 1 atom stereocenters. The van der Waals surface area contributed by atoms with Crippen LogP contribution in [0.3, 0.4) is 0 Å². The van der Waals surface area contributed by atoms with Crippen LogP contribution in [0.5, 0.6) is 0 Å². The van der Waals surface area contributed by atoms with Crippen molar-refractivity contribution in [2.75, 3.05) is 13.1 Å². The van der Waals surface area contributed by atoms with Gasteiger partial charge in [0, 0.05) is 26.7 Å². The molecule has 17 heavy (non-hydrogen) atoms. The van der Waals surface area contributed by atoms with Crippen LogP contribution in [-0.4, -0.2) is 44.9 Å². The molecule has 1 heterocycles. The fourth-order valence-corrected chi connectivity index (χ4v) is 1.63. The van der Waals surface area contributed by atoms with Gasteiger partial charge in [0.05, 0.1) is 17.9 Å². The van der Waals surface area contributed by atoms with Crippen molar-refractivity contribution in [1.29, 1.82) is 0 Å². The zero-order valence-corrected chi connectivity index (χ0v) is 11.0. The van der Waals surface area contributed by atoms with Gasteiger partial charge in [-0.15, -0.1) is 5.10 Å². The fraction of sp³-hybridized carbons (Fsp3) is 0.727. The Morgan fingerprint density at radius 3 is 2.65 bits per heavy atom. The number of nitrogens with one attached hydrogen (secondary N) is 1. The summed E-state index contributed by atoms with van der Waals surface area (Å²) in [5.41, 5.74) is 0.962. The number of carbonyl (C=O) groups excluding carboxylic acids is 1. The highest BCUT2D eigenvalue weighted by Gasteiger charge is 2.17. The summed E-state index contributed by atoms with van der Waals surface area (Å²) in [6, 6.07) is -0.190. The third kappa shape index (κ3) is 3.52. The van der Waals surface area contributed by atoms with Gasteiger partial charge in [0.2, 0.25) is 5.91 Å². The van der Waals surface area contributed by atoms with E-state index in [0.29, 0.717) is 6.54 Å². The molecule has 0 aliphatic carbocycles. The van der Waals surface area contributed by atoms with Gasteiger partial charge in [-0.25, -0.2) is 0 Å². The maximum Gasteiger partial charge on any atom is 0.239 e. The molecular formula is C11H21N5O. The Hall–Kier alpha value is -1.43. The summed E-state index contributed by atoms with van der Waals surface area (Å²) in [6.45, 7) is 7.93. The summed E-state index contributed by atoms with van der Waals surface area (Å²) in [5, 5.41) is 10.8. The fourth-order valence-electron chi connectivity index (χ4n) is 1.63. The summed E-state index contributed by atoms with van der Waals surface area (Å²) in [7, 11) is 1.83. The van der Waals surface area contributed by atoms with Crippen molar-refractivity contribution in [2.45, 2.75) is 33.4 Å². The number of rotatable bonds is 6. The van der Waals surface area contributed by atoms with Crippen LogP contribution in [0.1, 0.15) is 26.5 Å². The molecule has 0 aromatic carbocycles. The van der Waals surface area contributed by atoms with Crippen LogP contribution in [0.2, 0.25) is 0 Å². The van der Waals surface area contributed by atoms with E-state index in [4.69, 9.17) is 0 Å². The first kappa shape index (κ1) is 13.6. The molecule has 1 N–H and O–H groups in total. The Balaban J connectivity index is 2.47. The second-order valence-electron chi connectivity index (χ2n) is 3.96.